The van der Waals surface area contributed by atoms with Gasteiger partial charge in [0.25, 0.3) is 0 Å². The van der Waals surface area contributed by atoms with Crippen LogP contribution < -0.4 is 10.2 Å². The van der Waals surface area contributed by atoms with Crippen molar-refractivity contribution in [3.63, 3.8) is 0 Å². The van der Waals surface area contributed by atoms with Crippen molar-refractivity contribution in [1.29, 1.82) is 0 Å². The number of anilines is 2. The van der Waals surface area contributed by atoms with Gasteiger partial charge in [0, 0.05) is 18.7 Å². The Bertz CT molecular complexity index is 2640. The smallest absolute Gasteiger partial charge is 0.365 e. The van der Waals surface area contributed by atoms with E-state index in [0.29, 0.717) is 30.2 Å². The highest BCUT2D eigenvalue weighted by atomic mass is 19.4. The van der Waals surface area contributed by atoms with Crippen LogP contribution in [0.5, 0.6) is 0 Å². The number of nitrogens with zero attached hydrogens (tertiary/aromatic N) is 5. The first kappa shape index (κ1) is 41.4. The van der Waals surface area contributed by atoms with Crippen LogP contribution in [-0.4, -0.2) is 32.7 Å². The number of amides is 1. The number of aromatic nitrogens is 4. The van der Waals surface area contributed by atoms with E-state index >= 15 is 0 Å². The SMILES string of the molecule is CC(C)CN(Cc1ccccc1)c1ccc(-c2ccccc2-c2nnn(C(c3ccccc3)(c3ccccc3)c3ccccc3)n2)cc1NC(=O)Cc1ccccc1C(F)(F)F. The van der Waals surface area contributed by atoms with Gasteiger partial charge < -0.3 is 10.2 Å². The predicted octanol–water partition coefficient (Wildman–Crippen LogP) is 11.7. The van der Waals surface area contributed by atoms with Gasteiger partial charge >= 0.3 is 6.18 Å². The van der Waals surface area contributed by atoms with Crippen molar-refractivity contribution >= 4 is 17.3 Å². The van der Waals surface area contributed by atoms with Crippen LogP contribution >= 0.6 is 0 Å². The van der Waals surface area contributed by atoms with Gasteiger partial charge in [-0.15, -0.1) is 15.0 Å². The topological polar surface area (TPSA) is 75.9 Å². The van der Waals surface area contributed by atoms with Crippen LogP contribution in [0, 0.1) is 5.92 Å². The molecule has 10 heteroatoms. The highest BCUT2D eigenvalue weighted by molar-refractivity contribution is 5.97. The van der Waals surface area contributed by atoms with Gasteiger partial charge in [-0.2, -0.15) is 13.2 Å². The van der Waals surface area contributed by atoms with Gasteiger partial charge in [0.2, 0.25) is 11.7 Å². The van der Waals surface area contributed by atoms with E-state index in [9.17, 15) is 18.0 Å². The third kappa shape index (κ3) is 8.76. The lowest BCUT2D eigenvalue weighted by molar-refractivity contribution is -0.138. The van der Waals surface area contributed by atoms with E-state index in [1.54, 1.807) is 4.80 Å². The number of hydrogen-bond acceptors (Lipinski definition) is 5. The molecule has 0 aliphatic heterocycles. The zero-order valence-corrected chi connectivity index (χ0v) is 34.4. The van der Waals surface area contributed by atoms with E-state index in [1.165, 1.54) is 18.2 Å². The molecule has 1 heterocycles. The number of halogens is 3. The molecule has 0 saturated heterocycles. The molecule has 0 saturated carbocycles. The molecule has 7 nitrogen and oxygen atoms in total. The van der Waals surface area contributed by atoms with Gasteiger partial charge in [0.05, 0.1) is 23.4 Å². The summed E-state index contributed by atoms with van der Waals surface area (Å²) in [5.41, 5.74) is 5.44. The van der Waals surface area contributed by atoms with Crippen molar-refractivity contribution in [2.24, 2.45) is 5.92 Å². The Morgan fingerprint density at radius 3 is 1.77 bits per heavy atom. The first-order valence-electron chi connectivity index (χ1n) is 20.6. The Labute approximate surface area is 359 Å². The van der Waals surface area contributed by atoms with Crippen molar-refractivity contribution in [3.8, 4) is 22.5 Å². The van der Waals surface area contributed by atoms with Crippen LogP contribution in [0.4, 0.5) is 24.5 Å². The second kappa shape index (κ2) is 18.1. The molecule has 1 aromatic heterocycles. The normalized spacial score (nSPS) is 11.7. The minimum Gasteiger partial charge on any atom is -0.365 e. The maximum atomic E-state index is 14.0. The lowest BCUT2D eigenvalue weighted by Crippen LogP contribution is -2.39. The summed E-state index contributed by atoms with van der Waals surface area (Å²) in [6.07, 6.45) is -5.06. The number of nitrogens with one attached hydrogen (secondary N) is 1. The second-order valence-corrected chi connectivity index (χ2v) is 15.6. The van der Waals surface area contributed by atoms with E-state index < -0.39 is 29.6 Å². The van der Waals surface area contributed by atoms with Crippen molar-refractivity contribution in [3.05, 3.63) is 221 Å². The number of carbonyl (C=O) groups is 1. The number of benzene rings is 7. The fraction of sp³-hybridized carbons (Fsp3) is 0.154. The molecule has 0 radical (unpaired) electrons. The number of tetrazole rings is 1. The Morgan fingerprint density at radius 2 is 1.19 bits per heavy atom. The zero-order chi connectivity index (χ0) is 43.1. The fourth-order valence-electron chi connectivity index (χ4n) is 8.17. The minimum absolute atomic E-state index is 0.101. The molecule has 8 aromatic rings. The Hall–Kier alpha value is -7.33. The minimum atomic E-state index is -4.60. The van der Waals surface area contributed by atoms with Gasteiger partial charge in [-0.05, 0) is 68.3 Å². The molecule has 8 rings (SSSR count). The molecule has 0 aliphatic rings. The van der Waals surface area contributed by atoms with Gasteiger partial charge in [-0.25, -0.2) is 0 Å². The van der Waals surface area contributed by atoms with E-state index in [-0.39, 0.29) is 11.5 Å². The van der Waals surface area contributed by atoms with Crippen molar-refractivity contribution in [2.75, 3.05) is 16.8 Å². The summed E-state index contributed by atoms with van der Waals surface area (Å²) in [4.78, 5) is 17.7. The summed E-state index contributed by atoms with van der Waals surface area (Å²) in [5, 5.41) is 17.7. The van der Waals surface area contributed by atoms with Crippen LogP contribution in [0.15, 0.2) is 188 Å². The average Bonchev–Trinajstić information content (AvgIpc) is 3.78. The number of rotatable bonds is 14. The summed E-state index contributed by atoms with van der Waals surface area (Å²) in [5.74, 6) is 0.0720. The molecular weight excluding hydrogens is 782 g/mol. The molecule has 0 spiro atoms. The van der Waals surface area contributed by atoms with Gasteiger partial charge in [0.15, 0.2) is 5.54 Å². The molecule has 310 valence electrons. The molecule has 1 N–H and O–H groups in total. The highest BCUT2D eigenvalue weighted by Crippen LogP contribution is 2.41. The Balaban J connectivity index is 1.24. The number of alkyl halides is 3. The lowest BCUT2D eigenvalue weighted by atomic mass is 9.77. The first-order valence-corrected chi connectivity index (χ1v) is 20.6. The van der Waals surface area contributed by atoms with Gasteiger partial charge in [-0.1, -0.05) is 184 Å². The van der Waals surface area contributed by atoms with E-state index in [1.807, 2.05) is 127 Å². The van der Waals surface area contributed by atoms with Gasteiger partial charge in [-0.3, -0.25) is 4.79 Å². The Morgan fingerprint density at radius 1 is 0.661 bits per heavy atom. The number of carbonyl (C=O) groups excluding carboxylic acids is 1. The quantitative estimate of drug-likeness (QED) is 0.111. The molecule has 7 aromatic carbocycles. The molecule has 0 bridgehead atoms. The first-order chi connectivity index (χ1) is 30.1. The van der Waals surface area contributed by atoms with E-state index in [0.717, 1.165) is 45.1 Å². The maximum absolute atomic E-state index is 14.0. The predicted molar refractivity (Wildman–Crippen MR) is 239 cm³/mol. The third-order valence-electron chi connectivity index (χ3n) is 10.9. The zero-order valence-electron chi connectivity index (χ0n) is 34.4. The third-order valence-corrected chi connectivity index (χ3v) is 10.9. The summed E-state index contributed by atoms with van der Waals surface area (Å²) in [6.45, 7) is 5.45. The summed E-state index contributed by atoms with van der Waals surface area (Å²) < 4.78 is 42.0. The monoisotopic (exact) mass is 826 g/mol. The molecule has 1 amide bonds. The molecule has 0 atom stereocenters. The standard InChI is InChI=1S/C52H45F3N6O/c1-37(2)35-60(36-38-19-7-3-8-20-38)48-32-31-39(33-47(48)56-49(62)34-40-21-15-18-30-46(40)52(53,54)55)44-28-16-17-29-45(44)50-57-59-61(58-50)51(41-22-9-4-10-23-41,42-24-11-5-12-25-42)43-26-13-6-14-27-43/h3-33,37H,34-36H2,1-2H3,(H,56,62). The molecule has 62 heavy (non-hydrogen) atoms. The molecule has 0 fully saturated rings. The molecule has 0 unspecified atom stereocenters. The van der Waals surface area contributed by atoms with Crippen LogP contribution in [0.1, 0.15) is 47.2 Å². The van der Waals surface area contributed by atoms with Crippen molar-refractivity contribution in [2.45, 2.75) is 38.5 Å². The fourth-order valence-corrected chi connectivity index (χ4v) is 8.17. The summed E-state index contributed by atoms with van der Waals surface area (Å²) in [6, 6.07) is 59.1. The highest BCUT2D eigenvalue weighted by Gasteiger charge is 2.41. The summed E-state index contributed by atoms with van der Waals surface area (Å²) in [7, 11) is 0. The van der Waals surface area contributed by atoms with Crippen molar-refractivity contribution < 1.29 is 18.0 Å². The Kier molecular flexibility index (Phi) is 12.1. The largest absolute Gasteiger partial charge is 0.416 e. The van der Waals surface area contributed by atoms with E-state index in [4.69, 9.17) is 15.4 Å². The number of hydrogen-bond donors (Lipinski definition) is 1. The van der Waals surface area contributed by atoms with Crippen LogP contribution in [-0.2, 0) is 29.5 Å². The average molecular weight is 827 g/mol. The molecular formula is C52H45F3N6O. The second-order valence-electron chi connectivity index (χ2n) is 15.6. The van der Waals surface area contributed by atoms with Crippen LogP contribution in [0.25, 0.3) is 22.5 Å². The maximum Gasteiger partial charge on any atom is 0.416 e. The molecule has 0 aliphatic carbocycles. The van der Waals surface area contributed by atoms with Crippen LogP contribution in [0.3, 0.4) is 0 Å². The van der Waals surface area contributed by atoms with Gasteiger partial charge in [0.1, 0.15) is 0 Å². The van der Waals surface area contributed by atoms with Crippen molar-refractivity contribution in [1.82, 2.24) is 20.2 Å². The summed E-state index contributed by atoms with van der Waals surface area (Å²) >= 11 is 0. The lowest BCUT2D eigenvalue weighted by Gasteiger charge is -2.34. The van der Waals surface area contributed by atoms with Crippen LogP contribution in [0.2, 0.25) is 0 Å². The van der Waals surface area contributed by atoms with E-state index in [2.05, 4.69) is 60.5 Å².